The van der Waals surface area contributed by atoms with Gasteiger partial charge in [0.15, 0.2) is 0 Å². The van der Waals surface area contributed by atoms with Crippen molar-refractivity contribution in [3.63, 3.8) is 0 Å². The SMILES string of the molecule is COCCCOCCCC(C)(CO)NC(C)C. The van der Waals surface area contributed by atoms with Gasteiger partial charge in [0.2, 0.25) is 0 Å². The van der Waals surface area contributed by atoms with E-state index in [0.717, 1.165) is 39.1 Å². The molecule has 0 aliphatic rings. The molecule has 0 radical (unpaired) electrons. The first-order valence-corrected chi connectivity index (χ1v) is 6.49. The second-order valence-corrected chi connectivity index (χ2v) is 5.08. The largest absolute Gasteiger partial charge is 0.394 e. The van der Waals surface area contributed by atoms with Gasteiger partial charge >= 0.3 is 0 Å². The summed E-state index contributed by atoms with van der Waals surface area (Å²) < 4.78 is 10.4. The number of methoxy groups -OCH3 is 1. The predicted octanol–water partition coefficient (Wildman–Crippen LogP) is 1.57. The van der Waals surface area contributed by atoms with Gasteiger partial charge in [0, 0.05) is 38.5 Å². The van der Waals surface area contributed by atoms with Crippen LogP contribution in [0.1, 0.15) is 40.0 Å². The minimum Gasteiger partial charge on any atom is -0.394 e. The van der Waals surface area contributed by atoms with Crippen LogP contribution >= 0.6 is 0 Å². The Hall–Kier alpha value is -0.160. The normalized spacial score (nSPS) is 15.2. The van der Waals surface area contributed by atoms with Gasteiger partial charge in [-0.2, -0.15) is 0 Å². The lowest BCUT2D eigenvalue weighted by Gasteiger charge is -2.31. The lowest BCUT2D eigenvalue weighted by atomic mass is 9.96. The molecular weight excluding hydrogens is 218 g/mol. The van der Waals surface area contributed by atoms with Crippen LogP contribution in [-0.2, 0) is 9.47 Å². The summed E-state index contributed by atoms with van der Waals surface area (Å²) in [6.45, 7) is 8.65. The highest BCUT2D eigenvalue weighted by Gasteiger charge is 2.22. The number of aliphatic hydroxyl groups excluding tert-OH is 1. The topological polar surface area (TPSA) is 50.7 Å². The molecule has 0 aliphatic heterocycles. The van der Waals surface area contributed by atoms with E-state index in [9.17, 15) is 5.11 Å². The number of aliphatic hydroxyl groups is 1. The Morgan fingerprint density at radius 1 is 1.18 bits per heavy atom. The molecule has 0 aromatic heterocycles. The third kappa shape index (κ3) is 9.53. The first-order chi connectivity index (χ1) is 8.04. The van der Waals surface area contributed by atoms with Crippen molar-refractivity contribution in [3.05, 3.63) is 0 Å². The summed E-state index contributed by atoms with van der Waals surface area (Å²) in [5.74, 6) is 0. The summed E-state index contributed by atoms with van der Waals surface area (Å²) in [5, 5.41) is 12.8. The maximum Gasteiger partial charge on any atom is 0.0610 e. The van der Waals surface area contributed by atoms with Crippen molar-refractivity contribution in [1.82, 2.24) is 5.32 Å². The summed E-state index contributed by atoms with van der Waals surface area (Å²) in [6, 6.07) is 0.384. The molecule has 104 valence electrons. The fraction of sp³-hybridized carbons (Fsp3) is 1.00. The molecule has 0 rings (SSSR count). The van der Waals surface area contributed by atoms with Gasteiger partial charge in [0.1, 0.15) is 0 Å². The van der Waals surface area contributed by atoms with E-state index in [1.807, 2.05) is 0 Å². The van der Waals surface area contributed by atoms with Crippen LogP contribution in [0, 0.1) is 0 Å². The molecule has 0 aliphatic carbocycles. The molecule has 0 fully saturated rings. The number of hydrogen-bond acceptors (Lipinski definition) is 4. The van der Waals surface area contributed by atoms with Gasteiger partial charge in [-0.25, -0.2) is 0 Å². The Labute approximate surface area is 106 Å². The predicted molar refractivity (Wildman–Crippen MR) is 70.3 cm³/mol. The highest BCUT2D eigenvalue weighted by atomic mass is 16.5. The molecule has 0 amide bonds. The second-order valence-electron chi connectivity index (χ2n) is 5.08. The van der Waals surface area contributed by atoms with E-state index in [2.05, 4.69) is 26.1 Å². The summed E-state index contributed by atoms with van der Waals surface area (Å²) in [4.78, 5) is 0. The highest BCUT2D eigenvalue weighted by molar-refractivity contribution is 4.83. The standard InChI is InChI=1S/C13H29NO3/c1-12(2)14-13(3,11-15)7-5-9-17-10-6-8-16-4/h12,14-15H,5-11H2,1-4H3. The van der Waals surface area contributed by atoms with Crippen LogP contribution in [0.3, 0.4) is 0 Å². The Morgan fingerprint density at radius 2 is 1.82 bits per heavy atom. The first-order valence-electron chi connectivity index (χ1n) is 6.49. The molecule has 4 heteroatoms. The smallest absolute Gasteiger partial charge is 0.0610 e. The molecule has 0 bridgehead atoms. The number of ether oxygens (including phenoxy) is 2. The average Bonchev–Trinajstić information content (AvgIpc) is 2.27. The molecule has 0 aromatic carbocycles. The number of hydrogen-bond donors (Lipinski definition) is 2. The van der Waals surface area contributed by atoms with Crippen molar-refractivity contribution in [1.29, 1.82) is 0 Å². The van der Waals surface area contributed by atoms with Crippen LogP contribution in [0.4, 0.5) is 0 Å². The molecule has 0 saturated heterocycles. The molecule has 4 nitrogen and oxygen atoms in total. The maximum absolute atomic E-state index is 9.39. The van der Waals surface area contributed by atoms with Gasteiger partial charge in [-0.3, -0.25) is 0 Å². The van der Waals surface area contributed by atoms with E-state index in [1.54, 1.807) is 7.11 Å². The zero-order valence-corrected chi connectivity index (χ0v) is 11.8. The summed E-state index contributed by atoms with van der Waals surface area (Å²) in [7, 11) is 1.70. The molecule has 0 heterocycles. The van der Waals surface area contributed by atoms with Crippen LogP contribution < -0.4 is 5.32 Å². The summed E-state index contributed by atoms with van der Waals surface area (Å²) >= 11 is 0. The molecule has 2 N–H and O–H groups in total. The molecule has 1 atom stereocenters. The minimum absolute atomic E-state index is 0.162. The number of rotatable bonds is 11. The van der Waals surface area contributed by atoms with Gasteiger partial charge in [-0.15, -0.1) is 0 Å². The van der Waals surface area contributed by atoms with Crippen molar-refractivity contribution in [2.24, 2.45) is 0 Å². The monoisotopic (exact) mass is 247 g/mol. The second kappa shape index (κ2) is 9.83. The van der Waals surface area contributed by atoms with Gasteiger partial charge < -0.3 is 19.9 Å². The van der Waals surface area contributed by atoms with Crippen molar-refractivity contribution >= 4 is 0 Å². The van der Waals surface area contributed by atoms with Crippen LogP contribution in [-0.4, -0.2) is 50.2 Å². The highest BCUT2D eigenvalue weighted by Crippen LogP contribution is 2.12. The molecule has 0 aromatic rings. The fourth-order valence-corrected chi connectivity index (χ4v) is 1.87. The Kier molecular flexibility index (Phi) is 9.74. The fourth-order valence-electron chi connectivity index (χ4n) is 1.87. The molecule has 1 unspecified atom stereocenters. The van der Waals surface area contributed by atoms with Crippen LogP contribution in [0.2, 0.25) is 0 Å². The lowest BCUT2D eigenvalue weighted by Crippen LogP contribution is -2.49. The van der Waals surface area contributed by atoms with Gasteiger partial charge in [-0.1, -0.05) is 13.8 Å². The zero-order chi connectivity index (χ0) is 13.1. The third-order valence-electron chi connectivity index (χ3n) is 2.64. The summed E-state index contributed by atoms with van der Waals surface area (Å²) in [6.07, 6.45) is 2.83. The zero-order valence-electron chi connectivity index (χ0n) is 11.8. The van der Waals surface area contributed by atoms with Crippen LogP contribution in [0.25, 0.3) is 0 Å². The van der Waals surface area contributed by atoms with Gasteiger partial charge in [0.25, 0.3) is 0 Å². The van der Waals surface area contributed by atoms with Gasteiger partial charge in [-0.05, 0) is 26.2 Å². The van der Waals surface area contributed by atoms with Crippen LogP contribution in [0.5, 0.6) is 0 Å². The van der Waals surface area contributed by atoms with E-state index in [0.29, 0.717) is 6.04 Å². The molecule has 17 heavy (non-hydrogen) atoms. The summed E-state index contributed by atoms with van der Waals surface area (Å²) in [5.41, 5.74) is -0.190. The van der Waals surface area contributed by atoms with E-state index < -0.39 is 0 Å². The Balaban J connectivity index is 3.55. The van der Waals surface area contributed by atoms with Gasteiger partial charge in [0.05, 0.1) is 6.61 Å². The van der Waals surface area contributed by atoms with Crippen molar-refractivity contribution in [2.75, 3.05) is 33.5 Å². The number of nitrogens with one attached hydrogen (secondary N) is 1. The molecule has 0 spiro atoms. The maximum atomic E-state index is 9.39. The van der Waals surface area contributed by atoms with E-state index >= 15 is 0 Å². The quantitative estimate of drug-likeness (QED) is 0.544. The minimum atomic E-state index is -0.190. The van der Waals surface area contributed by atoms with Crippen molar-refractivity contribution in [3.8, 4) is 0 Å². The van der Waals surface area contributed by atoms with E-state index in [-0.39, 0.29) is 12.1 Å². The average molecular weight is 247 g/mol. The van der Waals surface area contributed by atoms with E-state index in [4.69, 9.17) is 9.47 Å². The third-order valence-corrected chi connectivity index (χ3v) is 2.64. The Bertz CT molecular complexity index is 176. The van der Waals surface area contributed by atoms with Crippen molar-refractivity contribution < 1.29 is 14.6 Å². The van der Waals surface area contributed by atoms with Crippen molar-refractivity contribution in [2.45, 2.75) is 51.6 Å². The lowest BCUT2D eigenvalue weighted by molar-refractivity contribution is 0.0887. The Morgan fingerprint density at radius 3 is 2.35 bits per heavy atom. The van der Waals surface area contributed by atoms with E-state index in [1.165, 1.54) is 0 Å². The van der Waals surface area contributed by atoms with Crippen LogP contribution in [0.15, 0.2) is 0 Å². The molecular formula is C13H29NO3. The molecule has 0 saturated carbocycles. The first kappa shape index (κ1) is 16.8.